The Morgan fingerprint density at radius 2 is 2.05 bits per heavy atom. The molecule has 0 amide bonds. The average Bonchev–Trinajstić information content (AvgIpc) is 2.60. The molecule has 0 saturated carbocycles. The smallest absolute Gasteiger partial charge is 0.191 e. The molecule has 2 N–H and O–H groups in total. The molecule has 1 fully saturated rings. The van der Waals surface area contributed by atoms with Crippen molar-refractivity contribution in [1.29, 1.82) is 0 Å². The van der Waals surface area contributed by atoms with Gasteiger partial charge < -0.3 is 10.6 Å². The van der Waals surface area contributed by atoms with Crippen LogP contribution in [0.5, 0.6) is 0 Å². The van der Waals surface area contributed by atoms with E-state index in [1.54, 1.807) is 0 Å². The van der Waals surface area contributed by atoms with Crippen LogP contribution in [0.1, 0.15) is 34.1 Å². The molecular weight excluding hydrogens is 274 g/mol. The first-order valence-electron chi connectivity index (χ1n) is 6.99. The van der Waals surface area contributed by atoms with Crippen molar-refractivity contribution in [2.24, 2.45) is 10.9 Å². The fourth-order valence-electron chi connectivity index (χ4n) is 1.98. The van der Waals surface area contributed by atoms with Gasteiger partial charge in [0.15, 0.2) is 15.8 Å². The molecule has 5 nitrogen and oxygen atoms in total. The van der Waals surface area contributed by atoms with Crippen LogP contribution in [0.4, 0.5) is 0 Å². The van der Waals surface area contributed by atoms with E-state index < -0.39 is 9.84 Å². The summed E-state index contributed by atoms with van der Waals surface area (Å²) in [5.74, 6) is 1.48. The minimum absolute atomic E-state index is 0.0946. The van der Waals surface area contributed by atoms with E-state index in [4.69, 9.17) is 0 Å². The Bertz CT molecular complexity index is 475. The van der Waals surface area contributed by atoms with Gasteiger partial charge in [0.05, 0.1) is 18.1 Å². The maximum Gasteiger partial charge on any atom is 0.191 e. The number of rotatable bonds is 4. The van der Waals surface area contributed by atoms with Crippen molar-refractivity contribution in [3.05, 3.63) is 12.2 Å². The number of hydrogen-bond donors (Lipinski definition) is 2. The van der Waals surface area contributed by atoms with Gasteiger partial charge in [0, 0.05) is 12.1 Å². The molecule has 1 rings (SSSR count). The van der Waals surface area contributed by atoms with Crippen molar-refractivity contribution in [2.75, 3.05) is 24.6 Å². The molecule has 1 atom stereocenters. The first kappa shape index (κ1) is 17.0. The largest absolute Gasteiger partial charge is 0.356 e. The maximum atomic E-state index is 11.4. The van der Waals surface area contributed by atoms with E-state index >= 15 is 0 Å². The monoisotopic (exact) mass is 301 g/mol. The summed E-state index contributed by atoms with van der Waals surface area (Å²) in [4.78, 5) is 4.45. The lowest BCUT2D eigenvalue weighted by atomic mass is 10.1. The topological polar surface area (TPSA) is 70.6 Å². The number of nitrogens with one attached hydrogen (secondary N) is 2. The molecule has 1 aliphatic rings. The summed E-state index contributed by atoms with van der Waals surface area (Å²) in [5.41, 5.74) is 0.895. The molecule has 1 heterocycles. The summed E-state index contributed by atoms with van der Waals surface area (Å²) >= 11 is 0. The summed E-state index contributed by atoms with van der Waals surface area (Å²) in [6.45, 7) is 13.2. The third-order valence-corrected chi connectivity index (χ3v) is 4.72. The lowest BCUT2D eigenvalue weighted by Gasteiger charge is -2.25. The van der Waals surface area contributed by atoms with Crippen LogP contribution in [-0.4, -0.2) is 44.5 Å². The van der Waals surface area contributed by atoms with E-state index in [2.05, 4.69) is 43.0 Å². The summed E-state index contributed by atoms with van der Waals surface area (Å²) in [5, 5.41) is 6.55. The van der Waals surface area contributed by atoms with Crippen LogP contribution in [0.2, 0.25) is 0 Å². The van der Waals surface area contributed by atoms with Crippen LogP contribution in [0.25, 0.3) is 0 Å². The molecule has 0 spiro atoms. The van der Waals surface area contributed by atoms with Gasteiger partial charge in [0.25, 0.3) is 0 Å². The molecule has 0 aromatic rings. The molecule has 0 aliphatic carbocycles. The minimum Gasteiger partial charge on any atom is -0.356 e. The van der Waals surface area contributed by atoms with Crippen LogP contribution in [0.15, 0.2) is 17.1 Å². The van der Waals surface area contributed by atoms with Crippen LogP contribution >= 0.6 is 0 Å². The third-order valence-electron chi connectivity index (χ3n) is 2.89. The molecule has 0 aromatic carbocycles. The SMILES string of the molecule is C=C(C)CN=C(NCC1CCS(=O)(=O)C1)NC(C)(C)C. The Balaban J connectivity index is 2.56. The Kier molecular flexibility index (Phi) is 5.62. The minimum atomic E-state index is -2.82. The molecule has 116 valence electrons. The second-order valence-corrected chi connectivity index (χ2v) is 8.88. The van der Waals surface area contributed by atoms with Crippen molar-refractivity contribution >= 4 is 15.8 Å². The van der Waals surface area contributed by atoms with Gasteiger partial charge in [0.1, 0.15) is 0 Å². The standard InChI is InChI=1S/C14H27N3O2S/c1-11(2)8-15-13(17-14(3,4)5)16-9-12-6-7-20(18,19)10-12/h12H,1,6-10H2,2-5H3,(H2,15,16,17). The molecule has 1 unspecified atom stereocenters. The van der Waals surface area contributed by atoms with E-state index in [-0.39, 0.29) is 17.2 Å². The van der Waals surface area contributed by atoms with Gasteiger partial charge in [-0.1, -0.05) is 12.2 Å². The van der Waals surface area contributed by atoms with Gasteiger partial charge in [-0.05, 0) is 40.0 Å². The van der Waals surface area contributed by atoms with Crippen molar-refractivity contribution in [3.63, 3.8) is 0 Å². The van der Waals surface area contributed by atoms with Crippen LogP contribution in [-0.2, 0) is 9.84 Å². The van der Waals surface area contributed by atoms with E-state index in [9.17, 15) is 8.42 Å². The first-order chi connectivity index (χ1) is 9.07. The third kappa shape index (κ3) is 6.93. The Morgan fingerprint density at radius 3 is 2.50 bits per heavy atom. The predicted octanol–water partition coefficient (Wildman–Crippen LogP) is 1.33. The number of aliphatic imine (C=N–C) groups is 1. The molecular formula is C14H27N3O2S. The van der Waals surface area contributed by atoms with Gasteiger partial charge in [0.2, 0.25) is 0 Å². The quantitative estimate of drug-likeness (QED) is 0.467. The molecule has 1 saturated heterocycles. The van der Waals surface area contributed by atoms with Crippen LogP contribution in [0, 0.1) is 5.92 Å². The zero-order chi connectivity index (χ0) is 15.4. The first-order valence-corrected chi connectivity index (χ1v) is 8.81. The molecule has 0 aromatic heterocycles. The van der Waals surface area contributed by atoms with Crippen LogP contribution in [0.3, 0.4) is 0 Å². The highest BCUT2D eigenvalue weighted by atomic mass is 32.2. The normalized spacial score (nSPS) is 22.6. The zero-order valence-electron chi connectivity index (χ0n) is 13.0. The second-order valence-electron chi connectivity index (χ2n) is 6.65. The number of nitrogens with zero attached hydrogens (tertiary/aromatic N) is 1. The maximum absolute atomic E-state index is 11.4. The van der Waals surface area contributed by atoms with Gasteiger partial charge in [-0.15, -0.1) is 0 Å². The van der Waals surface area contributed by atoms with Gasteiger partial charge in [-0.3, -0.25) is 0 Å². The molecule has 0 radical (unpaired) electrons. The van der Waals surface area contributed by atoms with Gasteiger partial charge in [-0.2, -0.15) is 0 Å². The zero-order valence-corrected chi connectivity index (χ0v) is 13.8. The van der Waals surface area contributed by atoms with Crippen molar-refractivity contribution in [2.45, 2.75) is 39.7 Å². The predicted molar refractivity (Wildman–Crippen MR) is 84.8 cm³/mol. The van der Waals surface area contributed by atoms with Crippen LogP contribution < -0.4 is 10.6 Å². The fraction of sp³-hybridized carbons (Fsp3) is 0.786. The average molecular weight is 301 g/mol. The highest BCUT2D eigenvalue weighted by molar-refractivity contribution is 7.91. The van der Waals surface area contributed by atoms with E-state index in [1.807, 2.05) is 6.92 Å². The van der Waals surface area contributed by atoms with E-state index in [0.29, 0.717) is 24.8 Å². The molecule has 6 heteroatoms. The Morgan fingerprint density at radius 1 is 1.40 bits per heavy atom. The number of sulfone groups is 1. The number of guanidine groups is 1. The lowest BCUT2D eigenvalue weighted by Crippen LogP contribution is -2.48. The van der Waals surface area contributed by atoms with Crippen molar-refractivity contribution < 1.29 is 8.42 Å². The summed E-state index contributed by atoms with van der Waals surface area (Å²) in [6.07, 6.45) is 0.735. The fourth-order valence-corrected chi connectivity index (χ4v) is 3.84. The second kappa shape index (κ2) is 6.61. The van der Waals surface area contributed by atoms with Crippen molar-refractivity contribution in [3.8, 4) is 0 Å². The van der Waals surface area contributed by atoms with Gasteiger partial charge in [-0.25, -0.2) is 13.4 Å². The van der Waals surface area contributed by atoms with E-state index in [0.717, 1.165) is 12.0 Å². The van der Waals surface area contributed by atoms with E-state index in [1.165, 1.54) is 0 Å². The Hall–Kier alpha value is -1.04. The van der Waals surface area contributed by atoms with Gasteiger partial charge >= 0.3 is 0 Å². The number of hydrogen-bond acceptors (Lipinski definition) is 3. The molecule has 0 bridgehead atoms. The lowest BCUT2D eigenvalue weighted by molar-refractivity contribution is 0.492. The van der Waals surface area contributed by atoms with Crippen molar-refractivity contribution in [1.82, 2.24) is 10.6 Å². The summed E-state index contributed by atoms with van der Waals surface area (Å²) in [6, 6.07) is 0. The Labute approximate surface area is 122 Å². The molecule has 1 aliphatic heterocycles. The summed E-state index contributed by atoms with van der Waals surface area (Å²) in [7, 11) is -2.82. The highest BCUT2D eigenvalue weighted by Crippen LogP contribution is 2.17. The molecule has 20 heavy (non-hydrogen) atoms. The highest BCUT2D eigenvalue weighted by Gasteiger charge is 2.27. The summed E-state index contributed by atoms with van der Waals surface area (Å²) < 4.78 is 22.9.